The zero-order valence-electron chi connectivity index (χ0n) is 10.6. The van der Waals surface area contributed by atoms with Gasteiger partial charge in [0.25, 0.3) is 0 Å². The van der Waals surface area contributed by atoms with Crippen LogP contribution in [0.15, 0.2) is 30.5 Å². The largest absolute Gasteiger partial charge is 0.476 e. The Balaban J connectivity index is 1.76. The molecule has 1 aromatic heterocycles. The van der Waals surface area contributed by atoms with Crippen LogP contribution in [-0.4, -0.2) is 31.8 Å². The van der Waals surface area contributed by atoms with E-state index in [0.29, 0.717) is 6.54 Å². The van der Waals surface area contributed by atoms with Crippen LogP contribution in [0.25, 0.3) is 0 Å². The standard InChI is InChI=1S/C13H15N3O2S/c1-10-3-2-4-11(7-10)9-19-6-5-16-8-12(13(17)18)14-15-16/h2-4,7-8H,5-6,9H2,1H3,(H,17,18). The first-order valence-electron chi connectivity index (χ1n) is 5.92. The predicted molar refractivity (Wildman–Crippen MR) is 74.3 cm³/mol. The maximum absolute atomic E-state index is 10.6. The molecule has 19 heavy (non-hydrogen) atoms. The first kappa shape index (κ1) is 13.6. The van der Waals surface area contributed by atoms with Crippen molar-refractivity contribution in [2.45, 2.75) is 19.2 Å². The van der Waals surface area contributed by atoms with Crippen LogP contribution in [0.4, 0.5) is 0 Å². The summed E-state index contributed by atoms with van der Waals surface area (Å²) in [7, 11) is 0. The minimum absolute atomic E-state index is 0.0105. The molecule has 2 aromatic rings. The van der Waals surface area contributed by atoms with Gasteiger partial charge in [0, 0.05) is 11.5 Å². The van der Waals surface area contributed by atoms with Gasteiger partial charge in [-0.15, -0.1) is 5.10 Å². The summed E-state index contributed by atoms with van der Waals surface area (Å²) >= 11 is 1.79. The SMILES string of the molecule is Cc1cccc(CSCCn2cc(C(=O)O)nn2)c1. The molecule has 0 aliphatic heterocycles. The Bertz CT molecular complexity index is 569. The first-order chi connectivity index (χ1) is 9.15. The number of hydrogen-bond donors (Lipinski definition) is 1. The highest BCUT2D eigenvalue weighted by molar-refractivity contribution is 7.98. The van der Waals surface area contributed by atoms with Crippen LogP contribution >= 0.6 is 11.8 Å². The lowest BCUT2D eigenvalue weighted by molar-refractivity contribution is 0.0690. The fraction of sp³-hybridized carbons (Fsp3) is 0.308. The smallest absolute Gasteiger partial charge is 0.358 e. The van der Waals surface area contributed by atoms with Crippen molar-refractivity contribution in [3.05, 3.63) is 47.3 Å². The van der Waals surface area contributed by atoms with E-state index in [1.54, 1.807) is 16.4 Å². The maximum atomic E-state index is 10.6. The molecule has 0 atom stereocenters. The van der Waals surface area contributed by atoms with E-state index >= 15 is 0 Å². The predicted octanol–water partition coefficient (Wildman–Crippen LogP) is 2.22. The van der Waals surface area contributed by atoms with Gasteiger partial charge in [-0.3, -0.25) is 4.68 Å². The van der Waals surface area contributed by atoms with Crippen molar-refractivity contribution in [3.8, 4) is 0 Å². The molecule has 0 saturated carbocycles. The van der Waals surface area contributed by atoms with Crippen molar-refractivity contribution in [2.24, 2.45) is 0 Å². The van der Waals surface area contributed by atoms with Crippen molar-refractivity contribution >= 4 is 17.7 Å². The second-order valence-corrected chi connectivity index (χ2v) is 5.32. The first-order valence-corrected chi connectivity index (χ1v) is 7.07. The van der Waals surface area contributed by atoms with E-state index in [9.17, 15) is 4.79 Å². The Morgan fingerprint density at radius 3 is 3.00 bits per heavy atom. The quantitative estimate of drug-likeness (QED) is 0.820. The lowest BCUT2D eigenvalue weighted by Crippen LogP contribution is -2.01. The Labute approximate surface area is 115 Å². The monoisotopic (exact) mass is 277 g/mol. The lowest BCUT2D eigenvalue weighted by atomic mass is 10.2. The van der Waals surface area contributed by atoms with Crippen molar-refractivity contribution in [1.29, 1.82) is 0 Å². The third kappa shape index (κ3) is 4.10. The van der Waals surface area contributed by atoms with Gasteiger partial charge in [-0.1, -0.05) is 35.0 Å². The van der Waals surface area contributed by atoms with E-state index < -0.39 is 5.97 Å². The van der Waals surface area contributed by atoms with Crippen molar-refractivity contribution in [3.63, 3.8) is 0 Å². The summed E-state index contributed by atoms with van der Waals surface area (Å²) < 4.78 is 1.56. The molecule has 0 radical (unpaired) electrons. The fourth-order valence-corrected chi connectivity index (χ4v) is 2.53. The molecule has 1 heterocycles. The summed E-state index contributed by atoms with van der Waals surface area (Å²) in [6.07, 6.45) is 1.45. The van der Waals surface area contributed by atoms with E-state index in [4.69, 9.17) is 5.11 Å². The molecular formula is C13H15N3O2S. The molecule has 0 aliphatic carbocycles. The normalized spacial score (nSPS) is 10.6. The number of nitrogens with zero attached hydrogens (tertiary/aromatic N) is 3. The molecule has 2 rings (SSSR count). The van der Waals surface area contributed by atoms with E-state index in [2.05, 4.69) is 41.5 Å². The Kier molecular flexibility index (Phi) is 4.57. The van der Waals surface area contributed by atoms with E-state index in [1.165, 1.54) is 17.3 Å². The van der Waals surface area contributed by atoms with Crippen LogP contribution in [0.3, 0.4) is 0 Å². The molecule has 0 unspecified atom stereocenters. The molecule has 0 fully saturated rings. The second kappa shape index (κ2) is 6.38. The summed E-state index contributed by atoms with van der Waals surface area (Å²) in [5.74, 6) is 0.775. The maximum Gasteiger partial charge on any atom is 0.358 e. The minimum atomic E-state index is -1.04. The average molecular weight is 277 g/mol. The molecule has 0 bridgehead atoms. The summed E-state index contributed by atoms with van der Waals surface area (Å²) in [6, 6.07) is 8.42. The van der Waals surface area contributed by atoms with E-state index in [1.807, 2.05) is 0 Å². The Morgan fingerprint density at radius 1 is 1.47 bits per heavy atom. The Morgan fingerprint density at radius 2 is 2.32 bits per heavy atom. The number of carboxylic acid groups (broad SMARTS) is 1. The fourth-order valence-electron chi connectivity index (χ4n) is 1.66. The number of thioether (sulfide) groups is 1. The average Bonchev–Trinajstić information content (AvgIpc) is 2.84. The van der Waals surface area contributed by atoms with Gasteiger partial charge in [-0.2, -0.15) is 11.8 Å². The number of carboxylic acids is 1. The number of hydrogen-bond acceptors (Lipinski definition) is 4. The Hall–Kier alpha value is -1.82. The van der Waals surface area contributed by atoms with Gasteiger partial charge < -0.3 is 5.11 Å². The van der Waals surface area contributed by atoms with Crippen molar-refractivity contribution < 1.29 is 9.90 Å². The van der Waals surface area contributed by atoms with Gasteiger partial charge in [0.1, 0.15) is 0 Å². The van der Waals surface area contributed by atoms with Gasteiger partial charge in [0.05, 0.1) is 12.7 Å². The number of benzene rings is 1. The van der Waals surface area contributed by atoms with Gasteiger partial charge in [-0.05, 0) is 12.5 Å². The molecule has 0 saturated heterocycles. The lowest BCUT2D eigenvalue weighted by Gasteiger charge is -2.03. The second-order valence-electron chi connectivity index (χ2n) is 4.21. The number of rotatable bonds is 6. The zero-order chi connectivity index (χ0) is 13.7. The molecule has 0 spiro atoms. The highest BCUT2D eigenvalue weighted by Crippen LogP contribution is 2.13. The third-order valence-electron chi connectivity index (χ3n) is 2.57. The molecule has 6 heteroatoms. The number of aromatic nitrogens is 3. The number of aryl methyl sites for hydroxylation is 2. The summed E-state index contributed by atoms with van der Waals surface area (Å²) in [6.45, 7) is 2.74. The van der Waals surface area contributed by atoms with Crippen molar-refractivity contribution in [1.82, 2.24) is 15.0 Å². The minimum Gasteiger partial charge on any atom is -0.476 e. The molecule has 5 nitrogen and oxygen atoms in total. The van der Waals surface area contributed by atoms with E-state index in [0.717, 1.165) is 11.5 Å². The van der Waals surface area contributed by atoms with Crippen LogP contribution in [0.5, 0.6) is 0 Å². The number of carbonyl (C=O) groups is 1. The molecule has 1 aromatic carbocycles. The molecular weight excluding hydrogens is 262 g/mol. The van der Waals surface area contributed by atoms with Crippen molar-refractivity contribution in [2.75, 3.05) is 5.75 Å². The molecule has 100 valence electrons. The summed E-state index contributed by atoms with van der Waals surface area (Å²) in [5, 5.41) is 16.1. The number of aromatic carboxylic acids is 1. The van der Waals surface area contributed by atoms with Crippen LogP contribution in [0.1, 0.15) is 21.6 Å². The molecule has 0 aliphatic rings. The third-order valence-corrected chi connectivity index (χ3v) is 3.58. The highest BCUT2D eigenvalue weighted by Gasteiger charge is 2.07. The van der Waals surface area contributed by atoms with Gasteiger partial charge >= 0.3 is 5.97 Å². The van der Waals surface area contributed by atoms with Gasteiger partial charge in [0.15, 0.2) is 5.69 Å². The summed E-state index contributed by atoms with van der Waals surface area (Å²) in [4.78, 5) is 10.6. The molecule has 0 amide bonds. The van der Waals surface area contributed by atoms with Gasteiger partial charge in [0.2, 0.25) is 0 Å². The topological polar surface area (TPSA) is 68.0 Å². The van der Waals surface area contributed by atoms with Gasteiger partial charge in [-0.25, -0.2) is 4.79 Å². The van der Waals surface area contributed by atoms with Crippen LogP contribution < -0.4 is 0 Å². The molecule has 1 N–H and O–H groups in total. The summed E-state index contributed by atoms with van der Waals surface area (Å²) in [5.41, 5.74) is 2.55. The van der Waals surface area contributed by atoms with E-state index in [-0.39, 0.29) is 5.69 Å². The highest BCUT2D eigenvalue weighted by atomic mass is 32.2. The zero-order valence-corrected chi connectivity index (χ0v) is 11.4. The van der Waals surface area contributed by atoms with Crippen LogP contribution in [0, 0.1) is 6.92 Å². The van der Waals surface area contributed by atoms with Crippen LogP contribution in [0.2, 0.25) is 0 Å². The van der Waals surface area contributed by atoms with Crippen LogP contribution in [-0.2, 0) is 12.3 Å².